The van der Waals surface area contributed by atoms with Crippen LogP contribution >= 0.6 is 11.6 Å². The second-order valence-corrected chi connectivity index (χ2v) is 4.25. The molecule has 5 heteroatoms. The molecule has 2 rings (SSSR count). The quantitative estimate of drug-likeness (QED) is 0.903. The molecule has 4 nitrogen and oxygen atoms in total. The average Bonchev–Trinajstić information content (AvgIpc) is 2.30. The highest BCUT2D eigenvalue weighted by Crippen LogP contribution is 2.28. The lowest BCUT2D eigenvalue weighted by Crippen LogP contribution is -2.26. The van der Waals surface area contributed by atoms with Crippen molar-refractivity contribution in [3.63, 3.8) is 0 Å². The van der Waals surface area contributed by atoms with E-state index in [-0.39, 0.29) is 16.7 Å². The Kier molecular flexibility index (Phi) is 3.86. The zero-order valence-electron chi connectivity index (χ0n) is 9.19. The Morgan fingerprint density at radius 2 is 2.12 bits per heavy atom. The molecule has 1 heterocycles. The van der Waals surface area contributed by atoms with E-state index in [2.05, 4.69) is 0 Å². The Morgan fingerprint density at radius 3 is 2.76 bits per heavy atom. The van der Waals surface area contributed by atoms with Gasteiger partial charge in [-0.1, -0.05) is 17.7 Å². The highest BCUT2D eigenvalue weighted by atomic mass is 35.5. The van der Waals surface area contributed by atoms with E-state index in [9.17, 15) is 4.79 Å². The van der Waals surface area contributed by atoms with Crippen LogP contribution in [0.1, 0.15) is 23.2 Å². The molecular formula is C12H13ClO4. The van der Waals surface area contributed by atoms with E-state index < -0.39 is 5.97 Å². The minimum atomic E-state index is -1.07. The van der Waals surface area contributed by atoms with Crippen molar-refractivity contribution in [2.45, 2.75) is 18.9 Å². The van der Waals surface area contributed by atoms with Crippen LogP contribution in [0.15, 0.2) is 18.2 Å². The van der Waals surface area contributed by atoms with E-state index in [1.54, 1.807) is 18.2 Å². The number of carboxylic acids is 1. The molecule has 0 saturated carbocycles. The molecule has 0 aromatic heterocycles. The fourth-order valence-corrected chi connectivity index (χ4v) is 2.03. The van der Waals surface area contributed by atoms with E-state index >= 15 is 0 Å². The summed E-state index contributed by atoms with van der Waals surface area (Å²) in [6.07, 6.45) is 1.54. The molecule has 17 heavy (non-hydrogen) atoms. The van der Waals surface area contributed by atoms with Crippen molar-refractivity contribution in [1.29, 1.82) is 0 Å². The first-order chi connectivity index (χ1) is 8.18. The minimum Gasteiger partial charge on any atom is -0.489 e. The second kappa shape index (κ2) is 5.38. The third-order valence-electron chi connectivity index (χ3n) is 2.65. The minimum absolute atomic E-state index is 0.000293. The monoisotopic (exact) mass is 256 g/mol. The van der Waals surface area contributed by atoms with E-state index in [0.717, 1.165) is 12.8 Å². The summed E-state index contributed by atoms with van der Waals surface area (Å²) < 4.78 is 10.9. The van der Waals surface area contributed by atoms with Crippen LogP contribution in [0, 0.1) is 0 Å². The van der Waals surface area contributed by atoms with Crippen molar-refractivity contribution in [1.82, 2.24) is 0 Å². The lowest BCUT2D eigenvalue weighted by Gasteiger charge is -2.24. The SMILES string of the molecule is O=C(O)c1c(Cl)cccc1OC1CCOCC1. The fraction of sp³-hybridized carbons (Fsp3) is 0.417. The summed E-state index contributed by atoms with van der Waals surface area (Å²) in [7, 11) is 0. The highest BCUT2D eigenvalue weighted by molar-refractivity contribution is 6.33. The predicted octanol–water partition coefficient (Wildman–Crippen LogP) is 2.60. The predicted molar refractivity (Wildman–Crippen MR) is 62.9 cm³/mol. The van der Waals surface area contributed by atoms with Crippen LogP contribution < -0.4 is 4.74 Å². The van der Waals surface area contributed by atoms with Crippen molar-refractivity contribution in [3.05, 3.63) is 28.8 Å². The van der Waals surface area contributed by atoms with Gasteiger partial charge in [0.25, 0.3) is 0 Å². The first-order valence-corrected chi connectivity index (χ1v) is 5.82. The summed E-state index contributed by atoms with van der Waals surface area (Å²) in [4.78, 5) is 11.1. The molecule has 1 aliphatic heterocycles. The van der Waals surface area contributed by atoms with Gasteiger partial charge < -0.3 is 14.6 Å². The van der Waals surface area contributed by atoms with Gasteiger partial charge in [-0.15, -0.1) is 0 Å². The normalized spacial score (nSPS) is 16.8. The van der Waals surface area contributed by atoms with E-state index in [1.807, 2.05) is 0 Å². The maximum Gasteiger partial charge on any atom is 0.341 e. The van der Waals surface area contributed by atoms with Gasteiger partial charge in [0, 0.05) is 12.8 Å². The summed E-state index contributed by atoms with van der Waals surface area (Å²) in [5.74, 6) is -0.741. The summed E-state index contributed by atoms with van der Waals surface area (Å²) >= 11 is 5.86. The van der Waals surface area contributed by atoms with Gasteiger partial charge in [-0.2, -0.15) is 0 Å². The topological polar surface area (TPSA) is 55.8 Å². The van der Waals surface area contributed by atoms with Gasteiger partial charge in [0.1, 0.15) is 17.4 Å². The zero-order chi connectivity index (χ0) is 12.3. The third kappa shape index (κ3) is 2.90. The maximum absolute atomic E-state index is 11.1. The van der Waals surface area contributed by atoms with Gasteiger partial charge in [-0.05, 0) is 12.1 Å². The Morgan fingerprint density at radius 1 is 1.41 bits per heavy atom. The summed E-state index contributed by atoms with van der Waals surface area (Å²) in [6.45, 7) is 1.29. The fourth-order valence-electron chi connectivity index (χ4n) is 1.78. The van der Waals surface area contributed by atoms with Gasteiger partial charge in [0.2, 0.25) is 0 Å². The van der Waals surface area contributed by atoms with E-state index in [4.69, 9.17) is 26.2 Å². The van der Waals surface area contributed by atoms with Crippen LogP contribution in [0.5, 0.6) is 5.75 Å². The van der Waals surface area contributed by atoms with Crippen LogP contribution in [0.4, 0.5) is 0 Å². The van der Waals surface area contributed by atoms with Gasteiger partial charge >= 0.3 is 5.97 Å². The molecule has 0 amide bonds. The summed E-state index contributed by atoms with van der Waals surface area (Å²) in [5, 5.41) is 9.28. The van der Waals surface area contributed by atoms with Crippen LogP contribution in [-0.2, 0) is 4.74 Å². The molecule has 1 aromatic rings. The first-order valence-electron chi connectivity index (χ1n) is 5.44. The molecule has 1 aromatic carbocycles. The van der Waals surface area contributed by atoms with Crippen LogP contribution in [0.2, 0.25) is 5.02 Å². The number of hydrogen-bond acceptors (Lipinski definition) is 3. The van der Waals surface area contributed by atoms with Gasteiger partial charge in [-0.3, -0.25) is 0 Å². The molecule has 1 N–H and O–H groups in total. The zero-order valence-corrected chi connectivity index (χ0v) is 9.94. The molecular weight excluding hydrogens is 244 g/mol. The van der Waals surface area contributed by atoms with Gasteiger partial charge in [-0.25, -0.2) is 4.79 Å². The largest absolute Gasteiger partial charge is 0.489 e. The number of ether oxygens (including phenoxy) is 2. The van der Waals surface area contributed by atoms with Crippen molar-refractivity contribution < 1.29 is 19.4 Å². The van der Waals surface area contributed by atoms with E-state index in [1.165, 1.54) is 0 Å². The molecule has 1 saturated heterocycles. The number of hydrogen-bond donors (Lipinski definition) is 1. The van der Waals surface area contributed by atoms with Crippen LogP contribution in [0.25, 0.3) is 0 Å². The van der Waals surface area contributed by atoms with Crippen molar-refractivity contribution in [2.24, 2.45) is 0 Å². The smallest absolute Gasteiger partial charge is 0.341 e. The molecule has 0 bridgehead atoms. The second-order valence-electron chi connectivity index (χ2n) is 3.85. The van der Waals surface area contributed by atoms with E-state index in [0.29, 0.717) is 19.0 Å². The standard InChI is InChI=1S/C12H13ClO4/c13-9-2-1-3-10(11(9)12(14)15)17-8-4-6-16-7-5-8/h1-3,8H,4-7H2,(H,14,15). The molecule has 0 atom stereocenters. The molecule has 1 fully saturated rings. The number of carbonyl (C=O) groups is 1. The van der Waals surface area contributed by atoms with Crippen LogP contribution in [-0.4, -0.2) is 30.4 Å². The molecule has 0 unspecified atom stereocenters. The summed E-state index contributed by atoms with van der Waals surface area (Å²) in [6, 6.07) is 4.86. The lowest BCUT2D eigenvalue weighted by atomic mass is 10.1. The number of halogens is 1. The summed E-state index contributed by atoms with van der Waals surface area (Å²) in [5.41, 5.74) is 0.0284. The number of benzene rings is 1. The molecule has 1 aliphatic rings. The van der Waals surface area contributed by atoms with Gasteiger partial charge in [0.05, 0.1) is 18.2 Å². The van der Waals surface area contributed by atoms with Crippen molar-refractivity contribution in [2.75, 3.05) is 13.2 Å². The maximum atomic E-state index is 11.1. The average molecular weight is 257 g/mol. The Labute approximate surface area is 104 Å². The molecule has 0 aliphatic carbocycles. The molecule has 0 radical (unpaired) electrons. The Balaban J connectivity index is 2.19. The lowest BCUT2D eigenvalue weighted by molar-refractivity contribution is 0.0248. The van der Waals surface area contributed by atoms with Crippen LogP contribution in [0.3, 0.4) is 0 Å². The number of carboxylic acid groups (broad SMARTS) is 1. The Hall–Kier alpha value is -1.26. The van der Waals surface area contributed by atoms with Crippen molar-refractivity contribution in [3.8, 4) is 5.75 Å². The number of aromatic carboxylic acids is 1. The molecule has 92 valence electrons. The highest BCUT2D eigenvalue weighted by Gasteiger charge is 2.20. The third-order valence-corrected chi connectivity index (χ3v) is 2.97. The van der Waals surface area contributed by atoms with Crippen molar-refractivity contribution >= 4 is 17.6 Å². The Bertz CT molecular complexity index is 413. The molecule has 0 spiro atoms. The first kappa shape index (κ1) is 12.2. The number of rotatable bonds is 3. The van der Waals surface area contributed by atoms with Gasteiger partial charge in [0.15, 0.2) is 0 Å².